The largest absolute Gasteiger partial charge is 0.342 e. The molecular weight excluding hydrogens is 286 g/mol. The first-order valence-corrected chi connectivity index (χ1v) is 9.71. The Bertz CT molecular complexity index is 426. The van der Waals surface area contributed by atoms with Gasteiger partial charge in [0.1, 0.15) is 0 Å². The number of hydrogen-bond acceptors (Lipinski definition) is 3. The summed E-state index contributed by atoms with van der Waals surface area (Å²) in [5.74, 6) is 1.85. The van der Waals surface area contributed by atoms with Crippen molar-refractivity contribution in [3.63, 3.8) is 0 Å². The first-order valence-electron chi connectivity index (χ1n) is 7.78. The maximum atomic E-state index is 12.6. The quantitative estimate of drug-likeness (QED) is 0.810. The number of nitrogens with zero attached hydrogens (tertiary/aromatic N) is 1. The van der Waals surface area contributed by atoms with Gasteiger partial charge in [0.05, 0.1) is 0 Å². The smallest absolute Gasteiger partial charge is 0.225 e. The van der Waals surface area contributed by atoms with Crippen LogP contribution in [-0.4, -0.2) is 29.6 Å². The molecule has 1 amide bonds. The zero-order valence-electron chi connectivity index (χ0n) is 11.9. The Hall–Kier alpha value is -0.480. The van der Waals surface area contributed by atoms with Gasteiger partial charge in [-0.25, -0.2) is 0 Å². The first kappa shape index (κ1) is 14.5. The van der Waals surface area contributed by atoms with E-state index in [0.717, 1.165) is 38.1 Å². The van der Waals surface area contributed by atoms with Crippen molar-refractivity contribution in [2.24, 2.45) is 5.92 Å². The summed E-state index contributed by atoms with van der Waals surface area (Å²) in [5.41, 5.74) is 0. The van der Waals surface area contributed by atoms with E-state index in [1.54, 1.807) is 0 Å². The second kappa shape index (κ2) is 6.99. The molecule has 1 aliphatic heterocycles. The van der Waals surface area contributed by atoms with E-state index in [2.05, 4.69) is 22.4 Å². The van der Waals surface area contributed by atoms with Gasteiger partial charge >= 0.3 is 0 Å². The fraction of sp³-hybridized carbons (Fsp3) is 0.688. The molecule has 20 heavy (non-hydrogen) atoms. The number of thioether (sulfide) groups is 1. The summed E-state index contributed by atoms with van der Waals surface area (Å²) in [7, 11) is 0. The highest BCUT2D eigenvalue weighted by Crippen LogP contribution is 2.37. The van der Waals surface area contributed by atoms with Crippen LogP contribution in [0.5, 0.6) is 0 Å². The fourth-order valence-electron chi connectivity index (χ4n) is 3.30. The number of carbonyl (C=O) groups is 1. The van der Waals surface area contributed by atoms with Gasteiger partial charge in [0.2, 0.25) is 5.91 Å². The molecule has 1 unspecified atom stereocenters. The van der Waals surface area contributed by atoms with E-state index >= 15 is 0 Å². The molecule has 0 spiro atoms. The predicted molar refractivity (Wildman–Crippen MR) is 87.3 cm³/mol. The highest BCUT2D eigenvalue weighted by molar-refractivity contribution is 7.99. The average Bonchev–Trinajstić information content (AvgIpc) is 2.92. The minimum absolute atomic E-state index is 0.326. The van der Waals surface area contributed by atoms with Crippen molar-refractivity contribution in [2.45, 2.75) is 43.8 Å². The molecule has 1 atom stereocenters. The lowest BCUT2D eigenvalue weighted by atomic mass is 9.88. The molecule has 0 bridgehead atoms. The average molecular weight is 310 g/mol. The van der Waals surface area contributed by atoms with Crippen molar-refractivity contribution in [3.05, 3.63) is 22.4 Å². The number of carbonyl (C=O) groups excluding carboxylic acids is 1. The lowest BCUT2D eigenvalue weighted by molar-refractivity contribution is -0.136. The molecule has 1 aromatic heterocycles. The van der Waals surface area contributed by atoms with Gasteiger partial charge < -0.3 is 4.90 Å². The van der Waals surface area contributed by atoms with Gasteiger partial charge in [-0.1, -0.05) is 25.3 Å². The summed E-state index contributed by atoms with van der Waals surface area (Å²) in [6.45, 7) is 1.90. The van der Waals surface area contributed by atoms with Crippen molar-refractivity contribution in [3.8, 4) is 0 Å². The molecule has 2 nitrogen and oxygen atoms in total. The Morgan fingerprint density at radius 3 is 2.75 bits per heavy atom. The van der Waals surface area contributed by atoms with Crippen LogP contribution < -0.4 is 0 Å². The summed E-state index contributed by atoms with van der Waals surface area (Å²) in [6, 6.07) is 4.37. The number of thiophene rings is 1. The molecule has 2 heterocycles. The molecule has 2 aliphatic rings. The Kier molecular flexibility index (Phi) is 5.05. The topological polar surface area (TPSA) is 20.3 Å². The van der Waals surface area contributed by atoms with Crippen LogP contribution in [0.25, 0.3) is 0 Å². The van der Waals surface area contributed by atoms with Crippen molar-refractivity contribution in [1.82, 2.24) is 4.90 Å². The van der Waals surface area contributed by atoms with E-state index < -0.39 is 0 Å². The van der Waals surface area contributed by atoms with Crippen LogP contribution >= 0.6 is 23.1 Å². The van der Waals surface area contributed by atoms with Crippen LogP contribution in [0.2, 0.25) is 0 Å². The predicted octanol–water partition coefficient (Wildman–Crippen LogP) is 4.34. The molecule has 0 N–H and O–H groups in total. The van der Waals surface area contributed by atoms with E-state index in [4.69, 9.17) is 0 Å². The van der Waals surface area contributed by atoms with E-state index in [1.807, 2.05) is 23.1 Å². The Morgan fingerprint density at radius 1 is 1.15 bits per heavy atom. The Labute approximate surface area is 129 Å². The lowest BCUT2D eigenvalue weighted by Crippen LogP contribution is -2.38. The van der Waals surface area contributed by atoms with Gasteiger partial charge in [-0.15, -0.1) is 11.3 Å². The van der Waals surface area contributed by atoms with Gasteiger partial charge in [0.15, 0.2) is 0 Å². The van der Waals surface area contributed by atoms with E-state index in [0.29, 0.717) is 17.1 Å². The van der Waals surface area contributed by atoms with E-state index in [9.17, 15) is 4.79 Å². The normalized spacial score (nSPS) is 25.4. The van der Waals surface area contributed by atoms with E-state index in [-0.39, 0.29) is 0 Å². The molecular formula is C16H23NOS2. The van der Waals surface area contributed by atoms with Crippen LogP contribution in [0, 0.1) is 5.92 Å². The summed E-state index contributed by atoms with van der Waals surface area (Å²) < 4.78 is 0. The molecule has 0 aromatic carbocycles. The molecule has 110 valence electrons. The van der Waals surface area contributed by atoms with Gasteiger partial charge in [-0.3, -0.25) is 4.79 Å². The SMILES string of the molecule is O=C(C1CCCCC1)N1CCSC(c2cccs2)CC1. The Balaban J connectivity index is 1.57. The highest BCUT2D eigenvalue weighted by Gasteiger charge is 2.28. The van der Waals surface area contributed by atoms with Crippen molar-refractivity contribution >= 4 is 29.0 Å². The molecule has 1 saturated heterocycles. The minimum atomic E-state index is 0.326. The highest BCUT2D eigenvalue weighted by atomic mass is 32.2. The van der Waals surface area contributed by atoms with Crippen molar-refractivity contribution in [1.29, 1.82) is 0 Å². The number of amides is 1. The van der Waals surface area contributed by atoms with Crippen LogP contribution in [0.3, 0.4) is 0 Å². The van der Waals surface area contributed by atoms with Gasteiger partial charge in [-0.2, -0.15) is 11.8 Å². The summed E-state index contributed by atoms with van der Waals surface area (Å²) >= 11 is 3.88. The maximum absolute atomic E-state index is 12.6. The first-order chi connectivity index (χ1) is 9.84. The summed E-state index contributed by atoms with van der Waals surface area (Å²) in [6.07, 6.45) is 7.17. The van der Waals surface area contributed by atoms with Gasteiger partial charge in [-0.05, 0) is 30.7 Å². The minimum Gasteiger partial charge on any atom is -0.342 e. The third-order valence-electron chi connectivity index (χ3n) is 4.47. The van der Waals surface area contributed by atoms with Gasteiger partial charge in [0, 0.05) is 34.9 Å². The molecule has 3 rings (SSSR count). The second-order valence-corrected chi connectivity index (χ2v) is 8.11. The molecule has 0 radical (unpaired) electrons. The lowest BCUT2D eigenvalue weighted by Gasteiger charge is -2.28. The third-order valence-corrected chi connectivity index (χ3v) is 6.91. The molecule has 4 heteroatoms. The standard InChI is InChI=1S/C16H23NOS2/c18-16(13-5-2-1-3-6-13)17-9-8-15(20-12-10-17)14-7-4-11-19-14/h4,7,11,13,15H,1-3,5-6,8-10,12H2. The van der Waals surface area contributed by atoms with Gasteiger partial charge in [0.25, 0.3) is 0 Å². The molecule has 1 aromatic rings. The molecule has 1 saturated carbocycles. The van der Waals surface area contributed by atoms with E-state index in [1.165, 1.54) is 24.1 Å². The second-order valence-electron chi connectivity index (χ2n) is 5.82. The van der Waals surface area contributed by atoms with Crippen LogP contribution in [-0.2, 0) is 4.79 Å². The monoisotopic (exact) mass is 309 g/mol. The summed E-state index contributed by atoms with van der Waals surface area (Å²) in [4.78, 5) is 16.2. The Morgan fingerprint density at radius 2 is 2.00 bits per heavy atom. The molecule has 1 aliphatic carbocycles. The third kappa shape index (κ3) is 3.40. The van der Waals surface area contributed by atoms with Crippen molar-refractivity contribution < 1.29 is 4.79 Å². The zero-order chi connectivity index (χ0) is 13.8. The zero-order valence-corrected chi connectivity index (χ0v) is 13.6. The van der Waals surface area contributed by atoms with Crippen molar-refractivity contribution in [2.75, 3.05) is 18.8 Å². The van der Waals surface area contributed by atoms with Crippen LogP contribution in [0.1, 0.15) is 48.7 Å². The van der Waals surface area contributed by atoms with Crippen LogP contribution in [0.15, 0.2) is 17.5 Å². The molecule has 2 fully saturated rings. The number of hydrogen-bond donors (Lipinski definition) is 0. The fourth-order valence-corrected chi connectivity index (χ4v) is 5.54. The summed E-state index contributed by atoms with van der Waals surface area (Å²) in [5, 5.41) is 2.75. The van der Waals surface area contributed by atoms with Crippen LogP contribution in [0.4, 0.5) is 0 Å². The number of rotatable bonds is 2. The maximum Gasteiger partial charge on any atom is 0.225 e.